The molecule has 1 aliphatic carbocycles. The molecule has 1 heterocycles. The second-order valence-electron chi connectivity index (χ2n) is 7.15. The highest BCUT2D eigenvalue weighted by molar-refractivity contribution is 5.88. The van der Waals surface area contributed by atoms with E-state index in [-0.39, 0.29) is 18.3 Å². The number of fused-ring (bicyclic) bond motifs is 1. The van der Waals surface area contributed by atoms with Crippen molar-refractivity contribution in [1.82, 2.24) is 10.3 Å². The average Bonchev–Trinajstić information content (AvgIpc) is 3.14. The lowest BCUT2D eigenvalue weighted by molar-refractivity contribution is -0.154. The number of methoxy groups -OCH3 is 1. The SMILES string of the molecule is COC(=O)[C@H](Cc1c[nH]c2ccccc12)NC(=O)COC(=O)C1CCCCC1. The lowest BCUT2D eigenvalue weighted by Crippen LogP contribution is -2.44. The van der Waals surface area contributed by atoms with E-state index in [9.17, 15) is 14.4 Å². The highest BCUT2D eigenvalue weighted by Crippen LogP contribution is 2.24. The molecular weight excluding hydrogens is 360 g/mol. The Morgan fingerprint density at radius 3 is 2.68 bits per heavy atom. The van der Waals surface area contributed by atoms with Gasteiger partial charge in [-0.2, -0.15) is 0 Å². The summed E-state index contributed by atoms with van der Waals surface area (Å²) >= 11 is 0. The van der Waals surface area contributed by atoms with Crippen LogP contribution in [0.3, 0.4) is 0 Å². The smallest absolute Gasteiger partial charge is 0.328 e. The lowest BCUT2D eigenvalue weighted by Gasteiger charge is -2.20. The molecule has 0 unspecified atom stereocenters. The number of amides is 1. The quantitative estimate of drug-likeness (QED) is 0.713. The molecule has 150 valence electrons. The summed E-state index contributed by atoms with van der Waals surface area (Å²) in [6.07, 6.45) is 6.88. The Hall–Kier alpha value is -2.83. The number of ether oxygens (including phenoxy) is 2. The predicted molar refractivity (Wildman–Crippen MR) is 103 cm³/mol. The molecule has 0 bridgehead atoms. The molecule has 0 spiro atoms. The first-order valence-corrected chi connectivity index (χ1v) is 9.67. The third kappa shape index (κ3) is 4.91. The van der Waals surface area contributed by atoms with E-state index in [1.807, 2.05) is 30.5 Å². The first kappa shape index (κ1) is 19.9. The van der Waals surface area contributed by atoms with Gasteiger partial charge in [-0.25, -0.2) is 4.79 Å². The van der Waals surface area contributed by atoms with Crippen molar-refractivity contribution in [1.29, 1.82) is 0 Å². The van der Waals surface area contributed by atoms with Crippen molar-refractivity contribution >= 4 is 28.7 Å². The highest BCUT2D eigenvalue weighted by Gasteiger charge is 2.26. The van der Waals surface area contributed by atoms with Crippen molar-refractivity contribution in [2.45, 2.75) is 44.6 Å². The highest BCUT2D eigenvalue weighted by atomic mass is 16.5. The first-order chi connectivity index (χ1) is 13.6. The van der Waals surface area contributed by atoms with E-state index < -0.39 is 24.5 Å². The van der Waals surface area contributed by atoms with E-state index in [0.717, 1.165) is 48.6 Å². The molecule has 0 aliphatic heterocycles. The van der Waals surface area contributed by atoms with Crippen molar-refractivity contribution in [3.8, 4) is 0 Å². The standard InChI is InChI=1S/C21H26N2O5/c1-27-21(26)18(11-15-12-22-17-10-6-5-9-16(15)17)23-19(24)13-28-20(25)14-7-3-2-4-8-14/h5-6,9-10,12,14,18,22H,2-4,7-8,11,13H2,1H3,(H,23,24)/t18-/m0/s1. The monoisotopic (exact) mass is 386 g/mol. The number of aromatic nitrogens is 1. The van der Waals surface area contributed by atoms with Crippen LogP contribution in [-0.2, 0) is 30.3 Å². The second-order valence-corrected chi connectivity index (χ2v) is 7.15. The molecule has 1 aliphatic rings. The Balaban J connectivity index is 1.58. The van der Waals surface area contributed by atoms with Gasteiger partial charge in [-0.15, -0.1) is 0 Å². The summed E-state index contributed by atoms with van der Waals surface area (Å²) in [5, 5.41) is 3.61. The minimum Gasteiger partial charge on any atom is -0.467 e. The maximum absolute atomic E-state index is 12.2. The maximum Gasteiger partial charge on any atom is 0.328 e. The van der Waals surface area contributed by atoms with Crippen LogP contribution in [0.4, 0.5) is 0 Å². The van der Waals surface area contributed by atoms with Crippen molar-refractivity contribution in [3.63, 3.8) is 0 Å². The van der Waals surface area contributed by atoms with Gasteiger partial charge in [0, 0.05) is 23.5 Å². The van der Waals surface area contributed by atoms with Gasteiger partial charge < -0.3 is 19.8 Å². The van der Waals surface area contributed by atoms with Crippen molar-refractivity contribution in [2.24, 2.45) is 5.92 Å². The minimum atomic E-state index is -0.856. The molecule has 28 heavy (non-hydrogen) atoms. The summed E-state index contributed by atoms with van der Waals surface area (Å²) in [7, 11) is 1.28. The van der Waals surface area contributed by atoms with Gasteiger partial charge in [-0.05, 0) is 24.5 Å². The van der Waals surface area contributed by atoms with Gasteiger partial charge in [0.25, 0.3) is 5.91 Å². The Bertz CT molecular complexity index is 838. The average molecular weight is 386 g/mol. The number of H-pyrrole nitrogens is 1. The fraction of sp³-hybridized carbons (Fsp3) is 0.476. The zero-order valence-corrected chi connectivity index (χ0v) is 16.0. The third-order valence-electron chi connectivity index (χ3n) is 5.20. The normalized spacial score (nSPS) is 15.8. The minimum absolute atomic E-state index is 0.121. The van der Waals surface area contributed by atoms with Crippen molar-refractivity contribution in [3.05, 3.63) is 36.0 Å². The summed E-state index contributed by atoms with van der Waals surface area (Å²) in [5.41, 5.74) is 1.85. The Kier molecular flexibility index (Phi) is 6.68. The summed E-state index contributed by atoms with van der Waals surface area (Å²) < 4.78 is 9.98. The molecule has 1 saturated carbocycles. The van der Waals surface area contributed by atoms with Crippen LogP contribution in [0, 0.1) is 5.92 Å². The van der Waals surface area contributed by atoms with E-state index >= 15 is 0 Å². The number of esters is 2. The zero-order chi connectivity index (χ0) is 19.9. The van der Waals surface area contributed by atoms with Gasteiger partial charge in [0.15, 0.2) is 6.61 Å². The maximum atomic E-state index is 12.2. The second kappa shape index (κ2) is 9.39. The zero-order valence-electron chi connectivity index (χ0n) is 16.0. The molecule has 1 amide bonds. The van der Waals surface area contributed by atoms with Gasteiger partial charge in [0.1, 0.15) is 6.04 Å². The molecule has 0 saturated heterocycles. The van der Waals surface area contributed by atoms with E-state index in [0.29, 0.717) is 0 Å². The fourth-order valence-electron chi connectivity index (χ4n) is 3.68. The Labute approximate surface area is 163 Å². The third-order valence-corrected chi connectivity index (χ3v) is 5.20. The molecule has 2 aromatic rings. The number of para-hydroxylation sites is 1. The molecule has 1 aromatic heterocycles. The fourth-order valence-corrected chi connectivity index (χ4v) is 3.68. The van der Waals surface area contributed by atoms with Crippen LogP contribution < -0.4 is 5.32 Å². The van der Waals surface area contributed by atoms with E-state index in [1.165, 1.54) is 7.11 Å². The molecule has 1 fully saturated rings. The number of rotatable bonds is 7. The number of nitrogens with one attached hydrogen (secondary N) is 2. The van der Waals surface area contributed by atoms with Gasteiger partial charge in [0.2, 0.25) is 0 Å². The molecule has 7 heteroatoms. The molecule has 1 aromatic carbocycles. The van der Waals surface area contributed by atoms with Crippen LogP contribution in [-0.4, -0.2) is 42.6 Å². The van der Waals surface area contributed by atoms with Gasteiger partial charge >= 0.3 is 11.9 Å². The van der Waals surface area contributed by atoms with Crippen molar-refractivity contribution in [2.75, 3.05) is 13.7 Å². The number of carbonyl (C=O) groups is 3. The van der Waals surface area contributed by atoms with Crippen LogP contribution in [0.5, 0.6) is 0 Å². The molecule has 2 N–H and O–H groups in total. The molecule has 3 rings (SSSR count). The van der Waals surface area contributed by atoms with Crippen LogP contribution in [0.25, 0.3) is 10.9 Å². The van der Waals surface area contributed by atoms with Crippen LogP contribution in [0.2, 0.25) is 0 Å². The summed E-state index contributed by atoms with van der Waals surface area (Å²) in [4.78, 5) is 39.6. The lowest BCUT2D eigenvalue weighted by atomic mass is 9.89. The number of carbonyl (C=O) groups excluding carboxylic acids is 3. The van der Waals surface area contributed by atoms with Gasteiger partial charge in [-0.1, -0.05) is 37.5 Å². The molecular formula is C21H26N2O5. The number of benzene rings is 1. The molecule has 7 nitrogen and oxygen atoms in total. The topological polar surface area (TPSA) is 97.5 Å². The largest absolute Gasteiger partial charge is 0.467 e. The molecule has 1 atom stereocenters. The van der Waals surface area contributed by atoms with Crippen LogP contribution in [0.15, 0.2) is 30.5 Å². The van der Waals surface area contributed by atoms with Gasteiger partial charge in [0.05, 0.1) is 13.0 Å². The Morgan fingerprint density at radius 2 is 1.93 bits per heavy atom. The van der Waals surface area contributed by atoms with E-state index in [4.69, 9.17) is 9.47 Å². The summed E-state index contributed by atoms with van der Waals surface area (Å²) in [6, 6.07) is 6.86. The van der Waals surface area contributed by atoms with Gasteiger partial charge in [-0.3, -0.25) is 9.59 Å². The molecule has 0 radical (unpaired) electrons. The Morgan fingerprint density at radius 1 is 1.18 bits per heavy atom. The summed E-state index contributed by atoms with van der Waals surface area (Å²) in [6.45, 7) is -0.392. The van der Waals surface area contributed by atoms with E-state index in [1.54, 1.807) is 0 Å². The first-order valence-electron chi connectivity index (χ1n) is 9.67. The van der Waals surface area contributed by atoms with Crippen LogP contribution in [0.1, 0.15) is 37.7 Å². The predicted octanol–water partition coefficient (Wildman–Crippen LogP) is 2.49. The number of hydrogen-bond acceptors (Lipinski definition) is 5. The van der Waals surface area contributed by atoms with Crippen LogP contribution >= 0.6 is 0 Å². The number of hydrogen-bond donors (Lipinski definition) is 2. The summed E-state index contributed by atoms with van der Waals surface area (Å²) in [5.74, 6) is -1.51. The number of aromatic amines is 1. The van der Waals surface area contributed by atoms with Crippen molar-refractivity contribution < 1.29 is 23.9 Å². The van der Waals surface area contributed by atoms with E-state index in [2.05, 4.69) is 10.3 Å².